The fraction of sp³-hybridized carbons (Fsp3) is 0.286. The molecule has 36 heavy (non-hydrogen) atoms. The Hall–Kier alpha value is -3.16. The number of carbonyl (C=O) groups is 2. The van der Waals surface area contributed by atoms with Crippen LogP contribution in [0.15, 0.2) is 72.8 Å². The van der Waals surface area contributed by atoms with Crippen LogP contribution in [0.1, 0.15) is 55.6 Å². The van der Waals surface area contributed by atoms with E-state index in [1.54, 1.807) is 61.5 Å². The fourth-order valence-corrected chi connectivity index (χ4v) is 5.31. The van der Waals surface area contributed by atoms with Crippen molar-refractivity contribution in [2.75, 3.05) is 15.9 Å². The van der Waals surface area contributed by atoms with E-state index in [0.717, 1.165) is 16.1 Å². The van der Waals surface area contributed by atoms with E-state index in [4.69, 9.17) is 11.6 Å². The van der Waals surface area contributed by atoms with Gasteiger partial charge < -0.3 is 5.32 Å². The molecule has 6 nitrogen and oxygen atoms in total. The van der Waals surface area contributed by atoms with Gasteiger partial charge in [-0.15, -0.1) is 0 Å². The van der Waals surface area contributed by atoms with Crippen molar-refractivity contribution < 1.29 is 18.0 Å². The molecule has 1 amide bonds. The molecular weight excluding hydrogens is 496 g/mol. The first-order valence-electron chi connectivity index (χ1n) is 11.6. The van der Waals surface area contributed by atoms with E-state index in [9.17, 15) is 18.0 Å². The van der Waals surface area contributed by atoms with Crippen molar-refractivity contribution in [1.29, 1.82) is 0 Å². The number of rotatable bonds is 8. The van der Waals surface area contributed by atoms with E-state index >= 15 is 0 Å². The van der Waals surface area contributed by atoms with Gasteiger partial charge in [0.2, 0.25) is 15.9 Å². The Morgan fingerprint density at radius 2 is 1.58 bits per heavy atom. The molecule has 3 aromatic rings. The van der Waals surface area contributed by atoms with Gasteiger partial charge in [-0.05, 0) is 47.7 Å². The van der Waals surface area contributed by atoms with Gasteiger partial charge in [0.15, 0.2) is 5.78 Å². The number of halogens is 1. The normalized spacial score (nSPS) is 12.6. The molecule has 0 radical (unpaired) electrons. The van der Waals surface area contributed by atoms with Crippen LogP contribution >= 0.6 is 11.6 Å². The van der Waals surface area contributed by atoms with Gasteiger partial charge in [0.1, 0.15) is 6.04 Å². The van der Waals surface area contributed by atoms with E-state index in [1.807, 2.05) is 12.1 Å². The minimum absolute atomic E-state index is 0.0213. The Balaban J connectivity index is 1.85. The van der Waals surface area contributed by atoms with Crippen molar-refractivity contribution in [3.05, 3.63) is 94.5 Å². The number of nitrogens with zero attached hydrogens (tertiary/aromatic N) is 1. The molecule has 0 saturated heterocycles. The average Bonchev–Trinajstić information content (AvgIpc) is 2.80. The van der Waals surface area contributed by atoms with Crippen LogP contribution in [-0.2, 0) is 20.2 Å². The lowest BCUT2D eigenvalue weighted by atomic mass is 9.86. The molecule has 3 aromatic carbocycles. The molecule has 1 unspecified atom stereocenters. The van der Waals surface area contributed by atoms with Gasteiger partial charge in [0.05, 0.1) is 11.9 Å². The second-order valence-electron chi connectivity index (χ2n) is 9.69. The number of sulfonamides is 1. The monoisotopic (exact) mass is 526 g/mol. The number of hydrogen-bond donors (Lipinski definition) is 1. The lowest BCUT2D eigenvalue weighted by Gasteiger charge is -2.30. The summed E-state index contributed by atoms with van der Waals surface area (Å²) in [5.41, 5.74) is 2.76. The molecule has 0 aromatic heterocycles. The van der Waals surface area contributed by atoms with Gasteiger partial charge in [-0.1, -0.05) is 81.8 Å². The number of anilines is 2. The maximum atomic E-state index is 13.2. The highest BCUT2D eigenvalue weighted by atomic mass is 35.5. The summed E-state index contributed by atoms with van der Waals surface area (Å²) >= 11 is 6.07. The fourth-order valence-electron chi connectivity index (χ4n) is 3.93. The van der Waals surface area contributed by atoms with E-state index in [0.29, 0.717) is 27.5 Å². The highest BCUT2D eigenvalue weighted by molar-refractivity contribution is 7.92. The summed E-state index contributed by atoms with van der Waals surface area (Å²) < 4.78 is 26.4. The molecule has 0 heterocycles. The number of nitrogens with one attached hydrogen (secondary N) is 1. The lowest BCUT2D eigenvalue weighted by molar-refractivity contribution is -0.117. The molecule has 1 atom stereocenters. The molecule has 8 heteroatoms. The highest BCUT2D eigenvalue weighted by Gasteiger charge is 2.31. The molecule has 190 valence electrons. The number of amides is 1. The number of ketones is 1. The quantitative estimate of drug-likeness (QED) is 0.362. The summed E-state index contributed by atoms with van der Waals surface area (Å²) in [7, 11) is -3.80. The number of hydrogen-bond acceptors (Lipinski definition) is 4. The van der Waals surface area contributed by atoms with Crippen LogP contribution in [0.25, 0.3) is 0 Å². The molecule has 0 spiro atoms. The third kappa shape index (κ3) is 6.53. The van der Waals surface area contributed by atoms with Gasteiger partial charge in [0.25, 0.3) is 0 Å². The molecule has 0 bridgehead atoms. The Bertz CT molecular complexity index is 1360. The molecule has 0 fully saturated rings. The first-order valence-corrected chi connectivity index (χ1v) is 13.8. The van der Waals surface area contributed by atoms with Crippen LogP contribution in [0.2, 0.25) is 5.02 Å². The van der Waals surface area contributed by atoms with Gasteiger partial charge in [0, 0.05) is 21.8 Å². The minimum Gasteiger partial charge on any atom is -0.324 e. The number of benzene rings is 3. The molecule has 0 aliphatic rings. The predicted molar refractivity (Wildman–Crippen MR) is 146 cm³/mol. The van der Waals surface area contributed by atoms with Crippen molar-refractivity contribution in [2.45, 2.75) is 45.6 Å². The van der Waals surface area contributed by atoms with Crippen molar-refractivity contribution in [2.24, 2.45) is 0 Å². The first-order chi connectivity index (χ1) is 16.8. The molecular formula is C28H31ClN2O4S. The lowest BCUT2D eigenvalue weighted by Crippen LogP contribution is -2.47. The van der Waals surface area contributed by atoms with E-state index < -0.39 is 22.0 Å². The Morgan fingerprint density at radius 3 is 2.14 bits per heavy atom. The molecule has 3 rings (SSSR count). The van der Waals surface area contributed by atoms with Crippen LogP contribution in [0, 0.1) is 0 Å². The van der Waals surface area contributed by atoms with Crippen LogP contribution in [0.3, 0.4) is 0 Å². The van der Waals surface area contributed by atoms with Gasteiger partial charge >= 0.3 is 0 Å². The summed E-state index contributed by atoms with van der Waals surface area (Å²) in [5, 5.41) is 3.13. The summed E-state index contributed by atoms with van der Waals surface area (Å²) in [5.74, 6) is -0.683. The van der Waals surface area contributed by atoms with Crippen LogP contribution in [0.4, 0.5) is 11.4 Å². The Kier molecular flexibility index (Phi) is 8.26. The van der Waals surface area contributed by atoms with E-state index in [2.05, 4.69) is 26.1 Å². The predicted octanol–water partition coefficient (Wildman–Crippen LogP) is 6.05. The summed E-state index contributed by atoms with van der Waals surface area (Å²) in [4.78, 5) is 26.3. The van der Waals surface area contributed by atoms with Gasteiger partial charge in [-0.3, -0.25) is 13.9 Å². The van der Waals surface area contributed by atoms with Crippen LogP contribution in [0.5, 0.6) is 0 Å². The second kappa shape index (κ2) is 10.8. The highest BCUT2D eigenvalue weighted by Crippen LogP contribution is 2.27. The second-order valence-corrected chi connectivity index (χ2v) is 12.0. The number of carbonyl (C=O) groups excluding carboxylic acids is 2. The SMILES string of the molecule is CCC(C(=O)Nc1cccc(C(=O)c2ccc(C(C)(C)C)cc2)c1)N(c1cccc(Cl)c1)S(C)(=O)=O. The standard InChI is InChI=1S/C28H31ClN2O4S/c1-6-25(31(36(5,34)35)24-12-8-10-22(29)18-24)27(33)30-23-11-7-9-20(17-23)26(32)19-13-15-21(16-14-19)28(2,3)4/h7-18,25H,6H2,1-5H3,(H,30,33). The molecule has 1 N–H and O–H groups in total. The maximum absolute atomic E-state index is 13.2. The summed E-state index contributed by atoms with van der Waals surface area (Å²) in [6.45, 7) is 8.05. The molecule has 0 aliphatic heterocycles. The zero-order valence-electron chi connectivity index (χ0n) is 21.1. The van der Waals surface area contributed by atoms with E-state index in [-0.39, 0.29) is 17.6 Å². The smallest absolute Gasteiger partial charge is 0.248 e. The van der Waals surface area contributed by atoms with Gasteiger partial charge in [-0.25, -0.2) is 8.42 Å². The molecule has 0 aliphatic carbocycles. The van der Waals surface area contributed by atoms with E-state index in [1.165, 1.54) is 6.07 Å². The third-order valence-electron chi connectivity index (χ3n) is 5.80. The van der Waals surface area contributed by atoms with Crippen molar-refractivity contribution in [3.8, 4) is 0 Å². The van der Waals surface area contributed by atoms with Crippen LogP contribution in [-0.4, -0.2) is 32.4 Å². The van der Waals surface area contributed by atoms with Crippen LogP contribution < -0.4 is 9.62 Å². The first kappa shape index (κ1) is 27.4. The minimum atomic E-state index is -3.80. The topological polar surface area (TPSA) is 83.6 Å². The zero-order chi connectivity index (χ0) is 26.7. The largest absolute Gasteiger partial charge is 0.324 e. The third-order valence-corrected chi connectivity index (χ3v) is 7.21. The van der Waals surface area contributed by atoms with Crippen molar-refractivity contribution >= 4 is 44.7 Å². The average molecular weight is 527 g/mol. The van der Waals surface area contributed by atoms with Crippen molar-refractivity contribution in [1.82, 2.24) is 0 Å². The van der Waals surface area contributed by atoms with Gasteiger partial charge in [-0.2, -0.15) is 0 Å². The Labute approximate surface area is 218 Å². The van der Waals surface area contributed by atoms with Crippen molar-refractivity contribution in [3.63, 3.8) is 0 Å². The molecule has 0 saturated carbocycles. The summed E-state index contributed by atoms with van der Waals surface area (Å²) in [6, 6.07) is 19.4. The Morgan fingerprint density at radius 1 is 0.944 bits per heavy atom. The summed E-state index contributed by atoms with van der Waals surface area (Å²) in [6.07, 6.45) is 1.28. The zero-order valence-corrected chi connectivity index (χ0v) is 22.7. The maximum Gasteiger partial charge on any atom is 0.248 e.